The van der Waals surface area contributed by atoms with Gasteiger partial charge in [0.25, 0.3) is 0 Å². The number of benzene rings is 1. The average Bonchev–Trinajstić information content (AvgIpc) is 3.09. The van der Waals surface area contributed by atoms with Gasteiger partial charge in [-0.25, -0.2) is 9.18 Å². The summed E-state index contributed by atoms with van der Waals surface area (Å²) in [6.07, 6.45) is 2.12. The number of carbonyl (C=O) groups is 2. The van der Waals surface area contributed by atoms with E-state index >= 15 is 0 Å². The number of unbranched alkanes of at least 4 members (excludes halogenated alkanes) is 1. The Bertz CT molecular complexity index is 747. The lowest BCUT2D eigenvalue weighted by atomic mass is 10.1. The van der Waals surface area contributed by atoms with E-state index in [0.717, 1.165) is 12.8 Å². The molecule has 1 aromatic carbocycles. The molecular formula is C17H22FN5O3. The van der Waals surface area contributed by atoms with Crippen molar-refractivity contribution in [1.82, 2.24) is 20.8 Å². The summed E-state index contributed by atoms with van der Waals surface area (Å²) in [5.41, 5.74) is 5.72. The molecule has 4 N–H and O–H groups in total. The van der Waals surface area contributed by atoms with Crippen LogP contribution in [0.25, 0.3) is 11.4 Å². The molecule has 2 atom stereocenters. The van der Waals surface area contributed by atoms with E-state index in [9.17, 15) is 14.0 Å². The van der Waals surface area contributed by atoms with Crippen LogP contribution < -0.4 is 16.4 Å². The Kier molecular flexibility index (Phi) is 6.65. The van der Waals surface area contributed by atoms with Crippen LogP contribution in [0.15, 0.2) is 28.8 Å². The lowest BCUT2D eigenvalue weighted by molar-refractivity contribution is -0.123. The summed E-state index contributed by atoms with van der Waals surface area (Å²) in [6.45, 7) is 3.66. The number of rotatable bonds is 8. The number of nitrogens with one attached hydrogen (secondary N) is 2. The number of aromatic nitrogens is 2. The summed E-state index contributed by atoms with van der Waals surface area (Å²) in [4.78, 5) is 27.7. The number of amides is 3. The highest BCUT2D eigenvalue weighted by Crippen LogP contribution is 2.19. The molecule has 1 aromatic heterocycles. The van der Waals surface area contributed by atoms with Gasteiger partial charge in [0.15, 0.2) is 0 Å². The van der Waals surface area contributed by atoms with Crippen molar-refractivity contribution >= 4 is 11.9 Å². The van der Waals surface area contributed by atoms with Gasteiger partial charge in [0.1, 0.15) is 17.9 Å². The smallest absolute Gasteiger partial charge is 0.312 e. The van der Waals surface area contributed by atoms with Crippen LogP contribution in [-0.2, 0) is 4.79 Å². The van der Waals surface area contributed by atoms with Crippen LogP contribution >= 0.6 is 0 Å². The fraction of sp³-hybridized carbons (Fsp3) is 0.412. The van der Waals surface area contributed by atoms with Crippen molar-refractivity contribution in [2.45, 2.75) is 45.2 Å². The number of urea groups is 1. The molecule has 0 radical (unpaired) electrons. The molecule has 2 unspecified atom stereocenters. The molecule has 0 aliphatic carbocycles. The van der Waals surface area contributed by atoms with E-state index in [1.54, 1.807) is 6.92 Å². The zero-order valence-electron chi connectivity index (χ0n) is 14.7. The molecule has 9 heteroatoms. The normalized spacial score (nSPS) is 13.0. The van der Waals surface area contributed by atoms with Gasteiger partial charge in [-0.1, -0.05) is 24.9 Å². The van der Waals surface area contributed by atoms with Crippen molar-refractivity contribution in [3.8, 4) is 11.4 Å². The van der Waals surface area contributed by atoms with Gasteiger partial charge in [-0.05, 0) is 37.6 Å². The fourth-order valence-corrected chi connectivity index (χ4v) is 2.35. The van der Waals surface area contributed by atoms with Gasteiger partial charge in [-0.15, -0.1) is 0 Å². The van der Waals surface area contributed by atoms with Gasteiger partial charge >= 0.3 is 6.03 Å². The lowest BCUT2D eigenvalue weighted by Gasteiger charge is -2.18. The fourth-order valence-electron chi connectivity index (χ4n) is 2.35. The first-order valence-corrected chi connectivity index (χ1v) is 8.36. The minimum Gasteiger partial charge on any atom is -0.352 e. The average molecular weight is 363 g/mol. The molecule has 8 nitrogen and oxygen atoms in total. The summed E-state index contributed by atoms with van der Waals surface area (Å²) < 4.78 is 18.2. The lowest BCUT2D eigenvalue weighted by Crippen LogP contribution is -2.49. The SMILES string of the molecule is CCCCC(NC(N)=O)C(=O)NC(C)c1nc(-c2ccc(F)cc2)no1. The molecule has 0 spiro atoms. The monoisotopic (exact) mass is 363 g/mol. The van der Waals surface area contributed by atoms with E-state index in [1.807, 2.05) is 6.92 Å². The topological polar surface area (TPSA) is 123 Å². The largest absolute Gasteiger partial charge is 0.352 e. The molecule has 2 aromatic rings. The van der Waals surface area contributed by atoms with Gasteiger partial charge in [0, 0.05) is 5.56 Å². The Morgan fingerprint density at radius 1 is 1.27 bits per heavy atom. The van der Waals surface area contributed by atoms with E-state index in [0.29, 0.717) is 17.8 Å². The third-order valence-electron chi connectivity index (χ3n) is 3.75. The zero-order valence-corrected chi connectivity index (χ0v) is 14.7. The van der Waals surface area contributed by atoms with Crippen LogP contribution in [-0.4, -0.2) is 28.1 Å². The standard InChI is InChI=1S/C17H22FN5O3/c1-3-4-5-13(21-17(19)25)15(24)20-10(2)16-22-14(23-26-16)11-6-8-12(18)9-7-11/h6-10,13H,3-5H2,1-2H3,(H,20,24)(H3,19,21,25). The quantitative estimate of drug-likeness (QED) is 0.664. The highest BCUT2D eigenvalue weighted by molar-refractivity contribution is 5.86. The number of hydrogen-bond donors (Lipinski definition) is 3. The number of nitrogens with zero attached hydrogens (tertiary/aromatic N) is 2. The second-order valence-corrected chi connectivity index (χ2v) is 5.90. The van der Waals surface area contributed by atoms with E-state index < -0.39 is 18.1 Å². The molecule has 0 aliphatic heterocycles. The van der Waals surface area contributed by atoms with Gasteiger partial charge < -0.3 is 20.9 Å². The van der Waals surface area contributed by atoms with Gasteiger partial charge in [-0.3, -0.25) is 4.79 Å². The number of nitrogens with two attached hydrogens (primary N) is 1. The van der Waals surface area contributed by atoms with Gasteiger partial charge in [0.2, 0.25) is 17.6 Å². The van der Waals surface area contributed by atoms with Crippen LogP contribution in [0.1, 0.15) is 45.0 Å². The van der Waals surface area contributed by atoms with E-state index in [1.165, 1.54) is 24.3 Å². The second-order valence-electron chi connectivity index (χ2n) is 5.90. The Morgan fingerprint density at radius 3 is 2.58 bits per heavy atom. The summed E-state index contributed by atoms with van der Waals surface area (Å²) in [5.74, 6) is -0.255. The molecule has 1 heterocycles. The third kappa shape index (κ3) is 5.27. The molecule has 140 valence electrons. The first kappa shape index (κ1) is 19.4. The van der Waals surface area contributed by atoms with E-state index in [2.05, 4.69) is 20.8 Å². The number of hydrogen-bond acceptors (Lipinski definition) is 5. The molecule has 26 heavy (non-hydrogen) atoms. The van der Waals surface area contributed by atoms with Crippen molar-refractivity contribution < 1.29 is 18.5 Å². The summed E-state index contributed by atoms with van der Waals surface area (Å²) in [6, 6.07) is 3.60. The molecule has 2 rings (SSSR count). The second kappa shape index (κ2) is 8.93. The Hall–Kier alpha value is -2.97. The Balaban J connectivity index is 2.03. The third-order valence-corrected chi connectivity index (χ3v) is 3.75. The first-order valence-electron chi connectivity index (χ1n) is 8.36. The van der Waals surface area contributed by atoms with Crippen LogP contribution in [0.4, 0.5) is 9.18 Å². The summed E-state index contributed by atoms with van der Waals surface area (Å²) >= 11 is 0. The van der Waals surface area contributed by atoms with Gasteiger partial charge in [0.05, 0.1) is 0 Å². The van der Waals surface area contributed by atoms with Gasteiger partial charge in [-0.2, -0.15) is 4.98 Å². The molecule has 3 amide bonds. The predicted octanol–water partition coefficient (Wildman–Crippen LogP) is 2.28. The maximum atomic E-state index is 13.0. The van der Waals surface area contributed by atoms with E-state index in [-0.39, 0.29) is 17.6 Å². The molecule has 0 fully saturated rings. The molecular weight excluding hydrogens is 341 g/mol. The molecule has 0 bridgehead atoms. The highest BCUT2D eigenvalue weighted by atomic mass is 19.1. The maximum Gasteiger partial charge on any atom is 0.312 e. The minimum atomic E-state index is -0.759. The van der Waals surface area contributed by atoms with Crippen LogP contribution in [0, 0.1) is 5.82 Å². The number of carbonyl (C=O) groups excluding carboxylic acids is 2. The van der Waals surface area contributed by atoms with Crippen molar-refractivity contribution in [2.75, 3.05) is 0 Å². The predicted molar refractivity (Wildman–Crippen MR) is 92.3 cm³/mol. The van der Waals surface area contributed by atoms with Crippen molar-refractivity contribution in [3.63, 3.8) is 0 Å². The number of halogens is 1. The molecule has 0 aliphatic rings. The molecule has 0 saturated heterocycles. The van der Waals surface area contributed by atoms with Crippen LogP contribution in [0.3, 0.4) is 0 Å². The van der Waals surface area contributed by atoms with Crippen molar-refractivity contribution in [3.05, 3.63) is 36.0 Å². The van der Waals surface area contributed by atoms with Crippen molar-refractivity contribution in [1.29, 1.82) is 0 Å². The zero-order chi connectivity index (χ0) is 19.1. The maximum absolute atomic E-state index is 13.0. The first-order chi connectivity index (χ1) is 12.4. The Morgan fingerprint density at radius 2 is 1.96 bits per heavy atom. The number of primary amides is 1. The summed E-state index contributed by atoms with van der Waals surface area (Å²) in [7, 11) is 0. The van der Waals surface area contributed by atoms with E-state index in [4.69, 9.17) is 10.3 Å². The Labute approximate surface area is 150 Å². The minimum absolute atomic E-state index is 0.200. The van der Waals surface area contributed by atoms with Crippen LogP contribution in [0.5, 0.6) is 0 Å². The van der Waals surface area contributed by atoms with Crippen LogP contribution in [0.2, 0.25) is 0 Å². The molecule has 0 saturated carbocycles. The summed E-state index contributed by atoms with van der Waals surface area (Å²) in [5, 5.41) is 8.99. The van der Waals surface area contributed by atoms with Crippen molar-refractivity contribution in [2.24, 2.45) is 5.73 Å². The highest BCUT2D eigenvalue weighted by Gasteiger charge is 2.23.